The molecule has 6 heteroatoms. The Labute approximate surface area is 105 Å². The van der Waals surface area contributed by atoms with Crippen LogP contribution < -0.4 is 5.32 Å². The molecule has 2 unspecified atom stereocenters. The van der Waals surface area contributed by atoms with Gasteiger partial charge < -0.3 is 10.1 Å². The van der Waals surface area contributed by atoms with Crippen molar-refractivity contribution in [2.75, 3.05) is 18.6 Å². The summed E-state index contributed by atoms with van der Waals surface area (Å²) in [7, 11) is 0.119. The maximum absolute atomic E-state index is 11.7. The van der Waals surface area contributed by atoms with Gasteiger partial charge in [0, 0.05) is 23.5 Å². The highest BCUT2D eigenvalue weighted by atomic mass is 32.2. The first-order valence-corrected chi connectivity index (χ1v) is 7.05. The molecule has 0 radical (unpaired) electrons. The molecule has 0 aromatic carbocycles. The summed E-state index contributed by atoms with van der Waals surface area (Å²) in [4.78, 5) is 22.3. The second kappa shape index (κ2) is 8.22. The second-order valence-electron chi connectivity index (χ2n) is 4.27. The summed E-state index contributed by atoms with van der Waals surface area (Å²) >= 11 is 0. The van der Waals surface area contributed by atoms with Gasteiger partial charge in [-0.2, -0.15) is 0 Å². The highest BCUT2D eigenvalue weighted by molar-refractivity contribution is 7.85. The molecule has 0 heterocycles. The first-order chi connectivity index (χ1) is 7.86. The predicted molar refractivity (Wildman–Crippen MR) is 67.0 cm³/mol. The molecule has 0 spiro atoms. The summed E-state index contributed by atoms with van der Waals surface area (Å²) in [6.07, 6.45) is 0.834. The number of nitrogens with one attached hydrogen (secondary N) is 1. The van der Waals surface area contributed by atoms with Crippen LogP contribution in [0.3, 0.4) is 0 Å². The lowest BCUT2D eigenvalue weighted by Crippen LogP contribution is -2.44. The molecule has 0 saturated carbocycles. The molecule has 5 nitrogen and oxygen atoms in total. The molecule has 0 aliphatic rings. The number of esters is 1. The van der Waals surface area contributed by atoms with Crippen molar-refractivity contribution in [2.45, 2.75) is 33.2 Å². The van der Waals surface area contributed by atoms with Crippen molar-refractivity contribution in [3.63, 3.8) is 0 Å². The molecule has 0 aliphatic carbocycles. The largest absolute Gasteiger partial charge is 0.467 e. The number of methoxy groups -OCH3 is 1. The van der Waals surface area contributed by atoms with Crippen LogP contribution in [0.15, 0.2) is 0 Å². The van der Waals surface area contributed by atoms with Crippen molar-refractivity contribution in [3.8, 4) is 0 Å². The number of hydrogen-bond donors (Lipinski definition) is 1. The molecule has 1 amide bonds. The topological polar surface area (TPSA) is 72.5 Å². The first-order valence-electron chi connectivity index (χ1n) is 5.56. The van der Waals surface area contributed by atoms with Gasteiger partial charge in [0.1, 0.15) is 6.04 Å². The van der Waals surface area contributed by atoms with E-state index in [0.717, 1.165) is 6.42 Å². The van der Waals surface area contributed by atoms with E-state index in [0.29, 0.717) is 11.7 Å². The van der Waals surface area contributed by atoms with Crippen LogP contribution in [-0.2, 0) is 25.1 Å². The monoisotopic (exact) mass is 263 g/mol. The van der Waals surface area contributed by atoms with E-state index < -0.39 is 22.8 Å². The molecule has 0 aromatic heterocycles. The number of ether oxygens (including phenoxy) is 1. The van der Waals surface area contributed by atoms with Gasteiger partial charge in [-0.25, -0.2) is 4.79 Å². The van der Waals surface area contributed by atoms with Crippen LogP contribution in [0.1, 0.15) is 27.2 Å². The highest BCUT2D eigenvalue weighted by Gasteiger charge is 2.22. The molecular weight excluding hydrogens is 242 g/mol. The van der Waals surface area contributed by atoms with Crippen LogP contribution in [0.25, 0.3) is 0 Å². The van der Waals surface area contributed by atoms with Gasteiger partial charge in [0.05, 0.1) is 12.9 Å². The Morgan fingerprint density at radius 2 is 1.94 bits per heavy atom. The van der Waals surface area contributed by atoms with Gasteiger partial charge in [0.15, 0.2) is 0 Å². The molecule has 100 valence electrons. The zero-order chi connectivity index (χ0) is 13.4. The second-order valence-corrected chi connectivity index (χ2v) is 5.89. The summed E-state index contributed by atoms with van der Waals surface area (Å²) in [5.74, 6) is 0.222. The molecule has 0 aliphatic heterocycles. The summed E-state index contributed by atoms with van der Waals surface area (Å²) in [6, 6.07) is -0.814. The maximum Gasteiger partial charge on any atom is 0.329 e. The molecule has 0 bridgehead atoms. The highest BCUT2D eigenvalue weighted by Crippen LogP contribution is 2.02. The average molecular weight is 263 g/mol. The first kappa shape index (κ1) is 16.1. The standard InChI is InChI=1S/C11H21NO4S/c1-8(2)5-6-17(15)7-10(11(14)16-4)12-9(3)13/h8,10H,5-7H2,1-4H3,(H,12,13). The molecule has 1 N–H and O–H groups in total. The van der Waals surface area contributed by atoms with Crippen LogP contribution in [0, 0.1) is 5.92 Å². The predicted octanol–water partition coefficient (Wildman–Crippen LogP) is 0.459. The average Bonchev–Trinajstić information content (AvgIpc) is 2.23. The van der Waals surface area contributed by atoms with Gasteiger partial charge in [0.25, 0.3) is 0 Å². The molecule has 0 fully saturated rings. The van der Waals surface area contributed by atoms with E-state index in [4.69, 9.17) is 0 Å². The lowest BCUT2D eigenvalue weighted by Gasteiger charge is -2.15. The van der Waals surface area contributed by atoms with Crippen LogP contribution in [-0.4, -0.2) is 40.7 Å². The SMILES string of the molecule is COC(=O)C(CS(=O)CCC(C)C)NC(C)=O. The maximum atomic E-state index is 11.7. The minimum atomic E-state index is -1.12. The van der Waals surface area contributed by atoms with Crippen molar-refractivity contribution in [2.24, 2.45) is 5.92 Å². The van der Waals surface area contributed by atoms with Crippen molar-refractivity contribution < 1.29 is 18.5 Å². The minimum Gasteiger partial charge on any atom is -0.467 e. The number of hydrogen-bond acceptors (Lipinski definition) is 4. The molecule has 2 atom stereocenters. The Balaban J connectivity index is 4.27. The van der Waals surface area contributed by atoms with E-state index in [1.807, 2.05) is 13.8 Å². The number of rotatable bonds is 7. The van der Waals surface area contributed by atoms with Crippen LogP contribution >= 0.6 is 0 Å². The van der Waals surface area contributed by atoms with Crippen LogP contribution in [0.5, 0.6) is 0 Å². The van der Waals surface area contributed by atoms with E-state index in [2.05, 4.69) is 10.1 Å². The zero-order valence-electron chi connectivity index (χ0n) is 10.8. The lowest BCUT2D eigenvalue weighted by molar-refractivity contribution is -0.144. The van der Waals surface area contributed by atoms with E-state index in [9.17, 15) is 13.8 Å². The van der Waals surface area contributed by atoms with E-state index in [-0.39, 0.29) is 11.7 Å². The van der Waals surface area contributed by atoms with E-state index in [1.54, 1.807) is 0 Å². The van der Waals surface area contributed by atoms with E-state index in [1.165, 1.54) is 14.0 Å². The summed E-state index contributed by atoms with van der Waals surface area (Å²) in [5.41, 5.74) is 0. The molecule has 0 aromatic rings. The summed E-state index contributed by atoms with van der Waals surface area (Å²) in [6.45, 7) is 5.40. The van der Waals surface area contributed by atoms with Crippen molar-refractivity contribution in [1.82, 2.24) is 5.32 Å². The quantitative estimate of drug-likeness (QED) is 0.677. The third-order valence-electron chi connectivity index (χ3n) is 2.14. The van der Waals surface area contributed by atoms with Gasteiger partial charge in [-0.05, 0) is 12.3 Å². The zero-order valence-corrected chi connectivity index (χ0v) is 11.6. The van der Waals surface area contributed by atoms with Gasteiger partial charge in [-0.3, -0.25) is 9.00 Å². The molecule has 17 heavy (non-hydrogen) atoms. The van der Waals surface area contributed by atoms with Gasteiger partial charge in [0.2, 0.25) is 5.91 Å². The smallest absolute Gasteiger partial charge is 0.329 e. The Morgan fingerprint density at radius 1 is 1.35 bits per heavy atom. The Kier molecular flexibility index (Phi) is 7.78. The third-order valence-corrected chi connectivity index (χ3v) is 3.53. The molecule has 0 saturated heterocycles. The number of carbonyl (C=O) groups excluding carboxylic acids is 2. The van der Waals surface area contributed by atoms with Crippen LogP contribution in [0.2, 0.25) is 0 Å². The number of carbonyl (C=O) groups is 2. The van der Waals surface area contributed by atoms with E-state index >= 15 is 0 Å². The molecular formula is C11H21NO4S. The Hall–Kier alpha value is -0.910. The normalized spacial score (nSPS) is 14.2. The Morgan fingerprint density at radius 3 is 2.35 bits per heavy atom. The van der Waals surface area contributed by atoms with Gasteiger partial charge >= 0.3 is 5.97 Å². The summed E-state index contributed by atoms with van der Waals surface area (Å²) < 4.78 is 16.3. The van der Waals surface area contributed by atoms with Crippen molar-refractivity contribution in [1.29, 1.82) is 0 Å². The fourth-order valence-electron chi connectivity index (χ4n) is 1.19. The van der Waals surface area contributed by atoms with Gasteiger partial charge in [-0.1, -0.05) is 13.8 Å². The third kappa shape index (κ3) is 7.90. The summed E-state index contributed by atoms with van der Waals surface area (Å²) in [5, 5.41) is 2.44. The van der Waals surface area contributed by atoms with Crippen LogP contribution in [0.4, 0.5) is 0 Å². The Bertz CT molecular complexity index is 291. The minimum absolute atomic E-state index is 0.110. The van der Waals surface area contributed by atoms with Crippen molar-refractivity contribution >= 4 is 22.7 Å². The molecule has 0 rings (SSSR count). The van der Waals surface area contributed by atoms with Crippen molar-refractivity contribution in [3.05, 3.63) is 0 Å². The lowest BCUT2D eigenvalue weighted by atomic mass is 10.2. The fraction of sp³-hybridized carbons (Fsp3) is 0.818. The fourth-order valence-corrected chi connectivity index (χ4v) is 2.68. The van der Waals surface area contributed by atoms with Gasteiger partial charge in [-0.15, -0.1) is 0 Å². The number of amides is 1.